The monoisotopic (exact) mass is 354 g/mol. The Labute approximate surface area is 152 Å². The predicted octanol–water partition coefficient (Wildman–Crippen LogP) is 3.94. The first-order valence-corrected chi connectivity index (χ1v) is 9.03. The molecule has 0 bridgehead atoms. The van der Waals surface area contributed by atoms with Crippen LogP contribution in [-0.2, 0) is 0 Å². The van der Waals surface area contributed by atoms with Crippen LogP contribution in [0.25, 0.3) is 10.8 Å². The fraction of sp³-hybridized carbons (Fsp3) is 0.250. The van der Waals surface area contributed by atoms with Crippen molar-refractivity contribution in [1.82, 2.24) is 10.2 Å². The quantitative estimate of drug-likeness (QED) is 0.729. The van der Waals surface area contributed by atoms with Gasteiger partial charge in [0.1, 0.15) is 5.75 Å². The molecule has 2 aromatic carbocycles. The van der Waals surface area contributed by atoms with Gasteiger partial charge in [0.05, 0.1) is 18.7 Å². The van der Waals surface area contributed by atoms with E-state index in [-0.39, 0.29) is 11.9 Å². The van der Waals surface area contributed by atoms with Crippen molar-refractivity contribution in [3.8, 4) is 5.75 Å². The second-order valence-corrected chi connectivity index (χ2v) is 7.08. The van der Waals surface area contributed by atoms with Crippen LogP contribution in [0.1, 0.15) is 21.3 Å². The van der Waals surface area contributed by atoms with Gasteiger partial charge in [0.15, 0.2) is 0 Å². The second-order valence-electron chi connectivity index (χ2n) is 6.10. The van der Waals surface area contributed by atoms with Crippen molar-refractivity contribution in [3.63, 3.8) is 0 Å². The summed E-state index contributed by atoms with van der Waals surface area (Å²) in [6, 6.07) is 16.0. The van der Waals surface area contributed by atoms with Crippen LogP contribution in [0.5, 0.6) is 5.75 Å². The molecule has 0 saturated carbocycles. The van der Waals surface area contributed by atoms with Gasteiger partial charge in [-0.05, 0) is 48.4 Å². The molecule has 0 radical (unpaired) electrons. The van der Waals surface area contributed by atoms with Crippen LogP contribution >= 0.6 is 11.3 Å². The Bertz CT molecular complexity index is 859. The summed E-state index contributed by atoms with van der Waals surface area (Å²) in [7, 11) is 5.63. The summed E-state index contributed by atoms with van der Waals surface area (Å²) in [6.07, 6.45) is 0. The van der Waals surface area contributed by atoms with Gasteiger partial charge in [0.25, 0.3) is 5.91 Å². The number of amides is 1. The van der Waals surface area contributed by atoms with Crippen molar-refractivity contribution in [1.29, 1.82) is 0 Å². The molecule has 0 aliphatic heterocycles. The molecule has 1 heterocycles. The maximum Gasteiger partial charge on any atom is 0.255 e. The van der Waals surface area contributed by atoms with Gasteiger partial charge < -0.3 is 15.0 Å². The number of likely N-dealkylation sites (N-methyl/N-ethyl adjacent to an activating group) is 1. The fourth-order valence-corrected chi connectivity index (χ4v) is 3.79. The maximum atomic E-state index is 12.8. The molecule has 1 atom stereocenters. The Morgan fingerprint density at radius 1 is 1.16 bits per heavy atom. The zero-order valence-electron chi connectivity index (χ0n) is 14.7. The zero-order chi connectivity index (χ0) is 17.8. The summed E-state index contributed by atoms with van der Waals surface area (Å²) >= 11 is 1.70. The van der Waals surface area contributed by atoms with Crippen molar-refractivity contribution in [2.75, 3.05) is 27.7 Å². The molecule has 130 valence electrons. The lowest BCUT2D eigenvalue weighted by atomic mass is 10.1. The molecular weight excluding hydrogens is 332 g/mol. The van der Waals surface area contributed by atoms with Gasteiger partial charge in [-0.1, -0.05) is 30.3 Å². The van der Waals surface area contributed by atoms with Crippen LogP contribution < -0.4 is 10.1 Å². The molecule has 25 heavy (non-hydrogen) atoms. The Morgan fingerprint density at radius 2 is 1.88 bits per heavy atom. The summed E-state index contributed by atoms with van der Waals surface area (Å²) in [5.41, 5.74) is 0.560. The topological polar surface area (TPSA) is 41.6 Å². The normalized spacial score (nSPS) is 12.3. The van der Waals surface area contributed by atoms with Gasteiger partial charge in [-0.2, -0.15) is 0 Å². The fourth-order valence-electron chi connectivity index (χ4n) is 2.87. The molecule has 0 unspecified atom stereocenters. The van der Waals surface area contributed by atoms with E-state index in [1.165, 1.54) is 4.88 Å². The molecule has 3 aromatic rings. The number of methoxy groups -OCH3 is 1. The van der Waals surface area contributed by atoms with Gasteiger partial charge in [-0.15, -0.1) is 11.3 Å². The second kappa shape index (κ2) is 7.68. The van der Waals surface area contributed by atoms with E-state index in [0.29, 0.717) is 17.9 Å². The summed E-state index contributed by atoms with van der Waals surface area (Å²) in [5.74, 6) is 0.472. The Kier molecular flexibility index (Phi) is 5.36. The highest BCUT2D eigenvalue weighted by Crippen LogP contribution is 2.27. The highest BCUT2D eigenvalue weighted by molar-refractivity contribution is 7.10. The highest BCUT2D eigenvalue weighted by atomic mass is 32.1. The summed E-state index contributed by atoms with van der Waals surface area (Å²) < 4.78 is 5.43. The molecule has 0 fully saturated rings. The van der Waals surface area contributed by atoms with Crippen LogP contribution in [0.4, 0.5) is 0 Å². The number of hydrogen-bond acceptors (Lipinski definition) is 4. The number of carbonyl (C=O) groups is 1. The number of nitrogens with one attached hydrogen (secondary N) is 1. The van der Waals surface area contributed by atoms with Crippen molar-refractivity contribution >= 4 is 28.0 Å². The van der Waals surface area contributed by atoms with Crippen molar-refractivity contribution in [3.05, 3.63) is 64.4 Å². The molecule has 1 amide bonds. The van der Waals surface area contributed by atoms with Crippen LogP contribution in [0, 0.1) is 0 Å². The third-order valence-corrected chi connectivity index (χ3v) is 5.24. The molecule has 5 heteroatoms. The van der Waals surface area contributed by atoms with E-state index in [4.69, 9.17) is 4.74 Å². The molecular formula is C20H22N2O2S. The van der Waals surface area contributed by atoms with E-state index in [1.54, 1.807) is 18.4 Å². The first kappa shape index (κ1) is 17.5. The third kappa shape index (κ3) is 3.83. The molecule has 0 aliphatic rings. The first-order chi connectivity index (χ1) is 12.1. The van der Waals surface area contributed by atoms with E-state index in [2.05, 4.69) is 21.7 Å². The molecule has 0 aliphatic carbocycles. The maximum absolute atomic E-state index is 12.8. The third-order valence-electron chi connectivity index (χ3n) is 4.26. The lowest BCUT2D eigenvalue weighted by molar-refractivity contribution is 0.0939. The molecule has 4 nitrogen and oxygen atoms in total. The number of carbonyl (C=O) groups excluding carboxylic acids is 1. The molecule has 1 N–H and O–H groups in total. The lowest BCUT2D eigenvalue weighted by Gasteiger charge is -2.23. The number of nitrogens with zero attached hydrogens (tertiary/aromatic N) is 1. The molecule has 0 spiro atoms. The first-order valence-electron chi connectivity index (χ1n) is 8.15. The van der Waals surface area contributed by atoms with Crippen LogP contribution in [-0.4, -0.2) is 38.6 Å². The van der Waals surface area contributed by atoms with E-state index >= 15 is 0 Å². The number of thiophene rings is 1. The number of benzene rings is 2. The summed E-state index contributed by atoms with van der Waals surface area (Å²) in [5, 5.41) is 7.19. The molecule has 3 rings (SSSR count). The molecule has 0 saturated heterocycles. The number of hydrogen-bond donors (Lipinski definition) is 1. The summed E-state index contributed by atoms with van der Waals surface area (Å²) in [6.45, 7) is 0.544. The van der Waals surface area contributed by atoms with Crippen molar-refractivity contribution < 1.29 is 9.53 Å². The standard InChI is InChI=1S/C20H22N2O2S/c1-22(2)17(19-9-6-10-25-19)13-21-20(23)16-11-14-7-4-5-8-15(14)12-18(16)24-3/h4-12,17H,13H2,1-3H3,(H,21,23)/t17-/m1/s1. The lowest BCUT2D eigenvalue weighted by Crippen LogP contribution is -2.34. The van der Waals surface area contributed by atoms with Gasteiger partial charge in [-0.3, -0.25) is 4.79 Å². The Hall–Kier alpha value is -2.37. The number of ether oxygens (including phenoxy) is 1. The van der Waals surface area contributed by atoms with Crippen LogP contribution in [0.2, 0.25) is 0 Å². The van der Waals surface area contributed by atoms with E-state index in [9.17, 15) is 4.79 Å². The highest BCUT2D eigenvalue weighted by Gasteiger charge is 2.19. The van der Waals surface area contributed by atoms with E-state index in [1.807, 2.05) is 56.6 Å². The Balaban J connectivity index is 1.82. The van der Waals surface area contributed by atoms with Gasteiger partial charge >= 0.3 is 0 Å². The SMILES string of the molecule is COc1cc2ccccc2cc1C(=O)NC[C@H](c1cccs1)N(C)C. The smallest absolute Gasteiger partial charge is 0.255 e. The van der Waals surface area contributed by atoms with Crippen molar-refractivity contribution in [2.24, 2.45) is 0 Å². The van der Waals surface area contributed by atoms with Gasteiger partial charge in [0.2, 0.25) is 0 Å². The Morgan fingerprint density at radius 3 is 2.48 bits per heavy atom. The zero-order valence-corrected chi connectivity index (χ0v) is 15.5. The van der Waals surface area contributed by atoms with Crippen LogP contribution in [0.15, 0.2) is 53.9 Å². The minimum atomic E-state index is -0.119. The van der Waals surface area contributed by atoms with E-state index < -0.39 is 0 Å². The van der Waals surface area contributed by atoms with E-state index in [0.717, 1.165) is 10.8 Å². The van der Waals surface area contributed by atoms with Gasteiger partial charge in [0, 0.05) is 11.4 Å². The number of rotatable bonds is 6. The molecule has 1 aromatic heterocycles. The minimum absolute atomic E-state index is 0.119. The van der Waals surface area contributed by atoms with Crippen molar-refractivity contribution in [2.45, 2.75) is 6.04 Å². The minimum Gasteiger partial charge on any atom is -0.496 e. The van der Waals surface area contributed by atoms with Crippen LogP contribution in [0.3, 0.4) is 0 Å². The average Bonchev–Trinajstić information content (AvgIpc) is 3.14. The summed E-state index contributed by atoms with van der Waals surface area (Å²) in [4.78, 5) is 16.1. The largest absolute Gasteiger partial charge is 0.496 e. The average molecular weight is 354 g/mol. The number of fused-ring (bicyclic) bond motifs is 1. The predicted molar refractivity (Wildman–Crippen MR) is 104 cm³/mol. The van der Waals surface area contributed by atoms with Gasteiger partial charge in [-0.25, -0.2) is 0 Å².